The van der Waals surface area contributed by atoms with Crippen LogP contribution in [-0.4, -0.2) is 41.6 Å². The van der Waals surface area contributed by atoms with E-state index in [0.717, 1.165) is 44.1 Å². The number of carbonyl (C=O) groups is 1. The van der Waals surface area contributed by atoms with Crippen molar-refractivity contribution in [3.05, 3.63) is 23.8 Å². The molecule has 1 aliphatic heterocycles. The van der Waals surface area contributed by atoms with Gasteiger partial charge in [0.1, 0.15) is 5.52 Å². The van der Waals surface area contributed by atoms with Crippen molar-refractivity contribution in [2.45, 2.75) is 26.3 Å². The molecular weight excluding hydrogens is 278 g/mol. The highest BCUT2D eigenvalue weighted by molar-refractivity contribution is 6.04. The van der Waals surface area contributed by atoms with Crippen molar-refractivity contribution < 1.29 is 4.79 Å². The molecule has 0 radical (unpaired) electrons. The molecule has 2 aromatic rings. The number of imidazole rings is 1. The summed E-state index contributed by atoms with van der Waals surface area (Å²) >= 11 is 0. The van der Waals surface area contributed by atoms with E-state index in [1.165, 1.54) is 0 Å². The van der Waals surface area contributed by atoms with Crippen LogP contribution in [0.5, 0.6) is 0 Å². The number of anilines is 1. The number of fused-ring (bicyclic) bond motifs is 1. The van der Waals surface area contributed by atoms with Crippen LogP contribution in [0.25, 0.3) is 11.0 Å². The average Bonchev–Trinajstić information content (AvgIpc) is 2.67. The topological polar surface area (TPSA) is 76.2 Å². The first-order valence-electron chi connectivity index (χ1n) is 7.86. The van der Waals surface area contributed by atoms with E-state index in [0.29, 0.717) is 11.1 Å². The molecule has 6 nitrogen and oxygen atoms in total. The van der Waals surface area contributed by atoms with Gasteiger partial charge in [-0.2, -0.15) is 0 Å². The van der Waals surface area contributed by atoms with E-state index in [1.807, 2.05) is 12.1 Å². The molecule has 6 heteroatoms. The van der Waals surface area contributed by atoms with Crippen molar-refractivity contribution in [3.8, 4) is 0 Å². The van der Waals surface area contributed by atoms with Gasteiger partial charge in [0.05, 0.1) is 11.1 Å². The fraction of sp³-hybridized carbons (Fsp3) is 0.500. The second-order valence-corrected chi connectivity index (χ2v) is 6.00. The summed E-state index contributed by atoms with van der Waals surface area (Å²) in [5, 5.41) is 3.41. The number of rotatable bonds is 3. The minimum Gasteiger partial charge on any atom is -0.366 e. The number of hydrogen-bond acceptors (Lipinski definition) is 4. The third-order valence-corrected chi connectivity index (χ3v) is 4.11. The Hall–Kier alpha value is -2.08. The van der Waals surface area contributed by atoms with Crippen LogP contribution < -0.4 is 16.0 Å². The van der Waals surface area contributed by atoms with Gasteiger partial charge in [-0.05, 0) is 38.9 Å². The maximum atomic E-state index is 11.7. The van der Waals surface area contributed by atoms with Crippen LogP contribution in [0.4, 0.5) is 5.95 Å². The van der Waals surface area contributed by atoms with Gasteiger partial charge < -0.3 is 20.5 Å². The predicted molar refractivity (Wildman–Crippen MR) is 88.3 cm³/mol. The lowest BCUT2D eigenvalue weighted by molar-refractivity contribution is 0.100. The highest BCUT2D eigenvalue weighted by Gasteiger charge is 2.22. The number of hydrogen-bond donors (Lipinski definition) is 2. The lowest BCUT2D eigenvalue weighted by Gasteiger charge is -2.24. The monoisotopic (exact) mass is 301 g/mol. The van der Waals surface area contributed by atoms with Gasteiger partial charge in [-0.1, -0.05) is 6.07 Å². The number of amides is 1. The van der Waals surface area contributed by atoms with Crippen LogP contribution in [0.3, 0.4) is 0 Å². The standard InChI is InChI=1S/C16H23N5O/c1-11(2)21-13-6-3-5-12(15(17)22)14(13)19-16(21)20-9-4-7-18-8-10-20/h3,5-6,11,18H,4,7-10H2,1-2H3,(H2,17,22). The fourth-order valence-corrected chi connectivity index (χ4v) is 3.08. The first-order chi connectivity index (χ1) is 10.6. The van der Waals surface area contributed by atoms with E-state index in [2.05, 4.69) is 28.6 Å². The lowest BCUT2D eigenvalue weighted by Crippen LogP contribution is -2.30. The van der Waals surface area contributed by atoms with Crippen LogP contribution in [0, 0.1) is 0 Å². The molecule has 118 valence electrons. The second kappa shape index (κ2) is 5.96. The van der Waals surface area contributed by atoms with Gasteiger partial charge in [-0.25, -0.2) is 4.98 Å². The third-order valence-electron chi connectivity index (χ3n) is 4.11. The highest BCUT2D eigenvalue weighted by Crippen LogP contribution is 2.29. The van der Waals surface area contributed by atoms with E-state index >= 15 is 0 Å². The summed E-state index contributed by atoms with van der Waals surface area (Å²) in [7, 11) is 0. The largest absolute Gasteiger partial charge is 0.366 e. The zero-order valence-corrected chi connectivity index (χ0v) is 13.2. The molecule has 1 aliphatic rings. The Kier molecular flexibility index (Phi) is 4.02. The Labute approximate surface area is 130 Å². The molecule has 1 saturated heterocycles. The van der Waals surface area contributed by atoms with Crippen LogP contribution in [0.1, 0.15) is 36.7 Å². The molecule has 22 heavy (non-hydrogen) atoms. The van der Waals surface area contributed by atoms with Gasteiger partial charge in [0.15, 0.2) is 0 Å². The van der Waals surface area contributed by atoms with Crippen LogP contribution in [-0.2, 0) is 0 Å². The molecule has 0 unspecified atom stereocenters. The van der Waals surface area contributed by atoms with Crippen LogP contribution >= 0.6 is 0 Å². The van der Waals surface area contributed by atoms with Crippen molar-refractivity contribution in [3.63, 3.8) is 0 Å². The van der Waals surface area contributed by atoms with E-state index in [4.69, 9.17) is 10.7 Å². The maximum Gasteiger partial charge on any atom is 0.250 e. The lowest BCUT2D eigenvalue weighted by atomic mass is 10.1. The molecule has 0 aliphatic carbocycles. The van der Waals surface area contributed by atoms with Crippen molar-refractivity contribution in [1.82, 2.24) is 14.9 Å². The number of benzene rings is 1. The minimum absolute atomic E-state index is 0.263. The van der Waals surface area contributed by atoms with Gasteiger partial charge >= 0.3 is 0 Å². The van der Waals surface area contributed by atoms with E-state index in [1.54, 1.807) is 6.07 Å². The Bertz CT molecular complexity index is 683. The summed E-state index contributed by atoms with van der Waals surface area (Å²) < 4.78 is 2.20. The molecule has 0 spiro atoms. The molecule has 0 bridgehead atoms. The van der Waals surface area contributed by atoms with Crippen molar-refractivity contribution >= 4 is 22.9 Å². The van der Waals surface area contributed by atoms with E-state index < -0.39 is 5.91 Å². The molecule has 2 heterocycles. The normalized spacial score (nSPS) is 16.2. The van der Waals surface area contributed by atoms with Crippen molar-refractivity contribution in [2.24, 2.45) is 5.73 Å². The third kappa shape index (κ3) is 2.54. The molecule has 1 aromatic carbocycles. The van der Waals surface area contributed by atoms with Gasteiger partial charge in [0.25, 0.3) is 5.91 Å². The van der Waals surface area contributed by atoms with Gasteiger partial charge in [-0.15, -0.1) is 0 Å². The summed E-state index contributed by atoms with van der Waals surface area (Å²) in [6, 6.07) is 5.89. The quantitative estimate of drug-likeness (QED) is 0.901. The summed E-state index contributed by atoms with van der Waals surface area (Å²) in [5.74, 6) is 0.505. The van der Waals surface area contributed by atoms with E-state index in [9.17, 15) is 4.79 Å². The number of nitrogens with one attached hydrogen (secondary N) is 1. The van der Waals surface area contributed by atoms with Crippen LogP contribution in [0.2, 0.25) is 0 Å². The number of aromatic nitrogens is 2. The molecule has 3 N–H and O–H groups in total. The first-order valence-corrected chi connectivity index (χ1v) is 7.86. The number of nitrogens with zero attached hydrogens (tertiary/aromatic N) is 3. The fourth-order valence-electron chi connectivity index (χ4n) is 3.08. The van der Waals surface area contributed by atoms with Crippen LogP contribution in [0.15, 0.2) is 18.2 Å². The Morgan fingerprint density at radius 1 is 1.32 bits per heavy atom. The Balaban J connectivity index is 2.18. The highest BCUT2D eigenvalue weighted by atomic mass is 16.1. The summed E-state index contributed by atoms with van der Waals surface area (Å²) in [6.45, 7) is 8.14. The van der Waals surface area contributed by atoms with Crippen molar-refractivity contribution in [1.29, 1.82) is 0 Å². The van der Waals surface area contributed by atoms with Gasteiger partial charge in [0.2, 0.25) is 5.95 Å². The van der Waals surface area contributed by atoms with Crippen molar-refractivity contribution in [2.75, 3.05) is 31.1 Å². The summed E-state index contributed by atoms with van der Waals surface area (Å²) in [4.78, 5) is 18.8. The molecule has 3 rings (SSSR count). The number of nitrogens with two attached hydrogens (primary N) is 1. The SMILES string of the molecule is CC(C)n1c(N2CCCNCC2)nc2c(C(N)=O)cccc21. The Morgan fingerprint density at radius 3 is 2.86 bits per heavy atom. The first kappa shape index (κ1) is 14.8. The van der Waals surface area contributed by atoms with E-state index in [-0.39, 0.29) is 6.04 Å². The molecule has 1 aromatic heterocycles. The summed E-state index contributed by atoms with van der Waals surface area (Å²) in [5.41, 5.74) is 7.67. The second-order valence-electron chi connectivity index (χ2n) is 6.00. The maximum absolute atomic E-state index is 11.7. The number of primary amides is 1. The molecule has 0 atom stereocenters. The predicted octanol–water partition coefficient (Wildman–Crippen LogP) is 1.52. The number of para-hydroxylation sites is 1. The molecule has 0 saturated carbocycles. The van der Waals surface area contributed by atoms with Gasteiger partial charge in [0, 0.05) is 25.7 Å². The van der Waals surface area contributed by atoms with Gasteiger partial charge in [-0.3, -0.25) is 4.79 Å². The zero-order valence-electron chi connectivity index (χ0n) is 13.2. The Morgan fingerprint density at radius 2 is 2.14 bits per heavy atom. The smallest absolute Gasteiger partial charge is 0.250 e. The average molecular weight is 301 g/mol. The minimum atomic E-state index is -0.428. The molecular formula is C16H23N5O. The summed E-state index contributed by atoms with van der Waals surface area (Å²) in [6.07, 6.45) is 1.09. The molecule has 1 amide bonds. The zero-order chi connectivity index (χ0) is 15.7. The number of carbonyl (C=O) groups excluding carboxylic acids is 1. The molecule has 1 fully saturated rings.